The van der Waals surface area contributed by atoms with E-state index in [2.05, 4.69) is 10.3 Å². The van der Waals surface area contributed by atoms with Gasteiger partial charge < -0.3 is 20.0 Å². The van der Waals surface area contributed by atoms with Gasteiger partial charge in [0.25, 0.3) is 0 Å². The molecule has 0 saturated carbocycles. The lowest BCUT2D eigenvalue weighted by Crippen LogP contribution is -2.50. The van der Waals surface area contributed by atoms with Gasteiger partial charge in [0, 0.05) is 12.4 Å². The highest BCUT2D eigenvalue weighted by atomic mass is 16.6. The molecule has 0 radical (unpaired) electrons. The van der Waals surface area contributed by atoms with E-state index in [1.54, 1.807) is 45.3 Å². The molecule has 1 aromatic rings. The molecular weight excluding hydrogens is 248 g/mol. The lowest BCUT2D eigenvalue weighted by molar-refractivity contribution is -0.308. The van der Waals surface area contributed by atoms with Crippen molar-refractivity contribution in [1.29, 1.82) is 0 Å². The van der Waals surface area contributed by atoms with E-state index < -0.39 is 23.7 Å². The molecule has 1 heterocycles. The third-order valence-corrected chi connectivity index (χ3v) is 2.16. The van der Waals surface area contributed by atoms with Crippen LogP contribution in [0.25, 0.3) is 0 Å². The van der Waals surface area contributed by atoms with Gasteiger partial charge in [-0.3, -0.25) is 4.98 Å². The number of carbonyl (C=O) groups is 2. The molecule has 1 atom stereocenters. The molecule has 6 nitrogen and oxygen atoms in total. The molecule has 1 amide bonds. The lowest BCUT2D eigenvalue weighted by atomic mass is 10.1. The molecule has 0 aliphatic carbocycles. The van der Waals surface area contributed by atoms with E-state index in [1.165, 1.54) is 0 Å². The molecule has 19 heavy (non-hydrogen) atoms. The molecule has 1 N–H and O–H groups in total. The van der Waals surface area contributed by atoms with Crippen LogP contribution in [0.5, 0.6) is 0 Å². The summed E-state index contributed by atoms with van der Waals surface area (Å²) in [6.07, 6.45) is 2.43. The van der Waals surface area contributed by atoms with Crippen LogP contribution < -0.4 is 10.4 Å². The Hall–Kier alpha value is -2.11. The van der Waals surface area contributed by atoms with Crippen LogP contribution >= 0.6 is 0 Å². The summed E-state index contributed by atoms with van der Waals surface area (Å²) in [6.45, 7) is 5.09. The van der Waals surface area contributed by atoms with Crippen molar-refractivity contribution in [1.82, 2.24) is 10.3 Å². The largest absolute Gasteiger partial charge is 0.548 e. The first-order valence-corrected chi connectivity index (χ1v) is 5.87. The predicted molar refractivity (Wildman–Crippen MR) is 66.1 cm³/mol. The third-order valence-electron chi connectivity index (χ3n) is 2.16. The summed E-state index contributed by atoms with van der Waals surface area (Å²) in [7, 11) is 0. The number of carboxylic acid groups (broad SMARTS) is 1. The Bertz CT molecular complexity index is 440. The fourth-order valence-corrected chi connectivity index (χ4v) is 1.40. The number of rotatable bonds is 4. The highest BCUT2D eigenvalue weighted by Gasteiger charge is 2.20. The van der Waals surface area contributed by atoms with Crippen molar-refractivity contribution < 1.29 is 19.4 Å². The van der Waals surface area contributed by atoms with Gasteiger partial charge in [0.2, 0.25) is 0 Å². The molecule has 0 bridgehead atoms. The fourth-order valence-electron chi connectivity index (χ4n) is 1.40. The van der Waals surface area contributed by atoms with Crippen LogP contribution in [0.1, 0.15) is 26.3 Å². The topological polar surface area (TPSA) is 91.3 Å². The Balaban J connectivity index is 2.64. The normalized spacial score (nSPS) is 12.6. The van der Waals surface area contributed by atoms with E-state index in [-0.39, 0.29) is 6.42 Å². The lowest BCUT2D eigenvalue weighted by Gasteiger charge is -2.24. The molecule has 0 fully saturated rings. The maximum Gasteiger partial charge on any atom is 0.408 e. The minimum atomic E-state index is -1.36. The molecule has 1 aromatic heterocycles. The van der Waals surface area contributed by atoms with Crippen LogP contribution in [-0.2, 0) is 16.0 Å². The number of alkyl carbamates (subject to hydrolysis) is 1. The summed E-state index contributed by atoms with van der Waals surface area (Å²) >= 11 is 0. The highest BCUT2D eigenvalue weighted by molar-refractivity contribution is 5.79. The van der Waals surface area contributed by atoms with Crippen molar-refractivity contribution in [3.63, 3.8) is 0 Å². The van der Waals surface area contributed by atoms with E-state index in [4.69, 9.17) is 4.74 Å². The van der Waals surface area contributed by atoms with Gasteiger partial charge >= 0.3 is 6.09 Å². The van der Waals surface area contributed by atoms with Gasteiger partial charge in [-0.25, -0.2) is 4.79 Å². The number of pyridine rings is 1. The Morgan fingerprint density at radius 2 is 1.95 bits per heavy atom. The van der Waals surface area contributed by atoms with Gasteiger partial charge in [-0.2, -0.15) is 0 Å². The van der Waals surface area contributed by atoms with Gasteiger partial charge in [0.05, 0.1) is 12.0 Å². The van der Waals surface area contributed by atoms with Gasteiger partial charge in [0.15, 0.2) is 0 Å². The van der Waals surface area contributed by atoms with Crippen molar-refractivity contribution in [2.45, 2.75) is 38.8 Å². The van der Waals surface area contributed by atoms with Gasteiger partial charge in [-0.15, -0.1) is 0 Å². The maximum atomic E-state index is 11.5. The zero-order valence-electron chi connectivity index (χ0n) is 11.2. The molecule has 0 spiro atoms. The van der Waals surface area contributed by atoms with Crippen LogP contribution in [0, 0.1) is 0 Å². The number of nitrogens with one attached hydrogen (secondary N) is 1. The van der Waals surface area contributed by atoms with E-state index in [0.29, 0.717) is 0 Å². The second-order valence-corrected chi connectivity index (χ2v) is 5.08. The number of carbonyl (C=O) groups excluding carboxylic acids is 2. The minimum absolute atomic E-state index is 0.115. The zero-order valence-corrected chi connectivity index (χ0v) is 11.2. The van der Waals surface area contributed by atoms with Crippen LogP contribution in [0.3, 0.4) is 0 Å². The quantitative estimate of drug-likeness (QED) is 0.843. The summed E-state index contributed by atoms with van der Waals surface area (Å²) < 4.78 is 5.00. The molecule has 6 heteroatoms. The highest BCUT2D eigenvalue weighted by Crippen LogP contribution is 2.08. The average molecular weight is 265 g/mol. The van der Waals surface area contributed by atoms with E-state index in [1.807, 2.05) is 0 Å². The van der Waals surface area contributed by atoms with Crippen molar-refractivity contribution in [2.24, 2.45) is 0 Å². The van der Waals surface area contributed by atoms with Crippen LogP contribution in [0.4, 0.5) is 4.79 Å². The van der Waals surface area contributed by atoms with Crippen molar-refractivity contribution in [2.75, 3.05) is 0 Å². The van der Waals surface area contributed by atoms with Crippen molar-refractivity contribution >= 4 is 12.1 Å². The second kappa shape index (κ2) is 6.17. The summed E-state index contributed by atoms with van der Waals surface area (Å²) in [5.74, 6) is -1.36. The molecule has 0 aliphatic rings. The van der Waals surface area contributed by atoms with Crippen molar-refractivity contribution in [3.8, 4) is 0 Å². The third kappa shape index (κ3) is 5.85. The van der Waals surface area contributed by atoms with Gasteiger partial charge in [-0.1, -0.05) is 0 Å². The fraction of sp³-hybridized carbons (Fsp3) is 0.462. The molecule has 1 rings (SSSR count). The number of amides is 1. The smallest absolute Gasteiger partial charge is 0.408 e. The number of hydrogen-bond acceptors (Lipinski definition) is 5. The molecule has 104 valence electrons. The summed E-state index contributed by atoms with van der Waals surface area (Å²) in [5.41, 5.74) is 0.0530. The standard InChI is InChI=1S/C13H18N2O4/c1-13(2,3)19-12(18)15-10(11(16)17)8-9-4-6-14-7-5-9/h4-7,10H,8H2,1-3H3,(H,15,18)(H,16,17)/p-1/t10-/m1/s1. The van der Waals surface area contributed by atoms with Gasteiger partial charge in [0.1, 0.15) is 5.60 Å². The monoisotopic (exact) mass is 265 g/mol. The Morgan fingerprint density at radius 1 is 1.37 bits per heavy atom. The average Bonchev–Trinajstić information content (AvgIpc) is 2.26. The number of nitrogens with zero attached hydrogens (tertiary/aromatic N) is 1. The molecular formula is C13H17N2O4-. The molecule has 0 saturated heterocycles. The first-order valence-electron chi connectivity index (χ1n) is 5.87. The number of aliphatic carboxylic acids is 1. The minimum Gasteiger partial charge on any atom is -0.548 e. The number of ether oxygens (including phenoxy) is 1. The number of hydrogen-bond donors (Lipinski definition) is 1. The first-order chi connectivity index (χ1) is 8.78. The summed E-state index contributed by atoms with van der Waals surface area (Å²) in [5, 5.41) is 13.3. The molecule has 0 aliphatic heterocycles. The van der Waals surface area contributed by atoms with E-state index in [9.17, 15) is 14.7 Å². The SMILES string of the molecule is CC(C)(C)OC(=O)N[C@H](Cc1ccncc1)C(=O)[O-]. The Kier molecular flexibility index (Phi) is 4.86. The molecule has 0 unspecified atom stereocenters. The van der Waals surface area contributed by atoms with E-state index >= 15 is 0 Å². The number of aromatic nitrogens is 1. The number of carboxylic acids is 1. The Morgan fingerprint density at radius 3 is 2.42 bits per heavy atom. The maximum absolute atomic E-state index is 11.5. The summed E-state index contributed by atoms with van der Waals surface area (Å²) in [4.78, 5) is 26.4. The first kappa shape index (κ1) is 14.9. The van der Waals surface area contributed by atoms with Crippen molar-refractivity contribution in [3.05, 3.63) is 30.1 Å². The molecule has 0 aromatic carbocycles. The van der Waals surface area contributed by atoms with Gasteiger partial charge in [-0.05, 0) is 44.9 Å². The van der Waals surface area contributed by atoms with Crippen LogP contribution in [0.2, 0.25) is 0 Å². The summed E-state index contributed by atoms with van der Waals surface area (Å²) in [6, 6.07) is 2.21. The Labute approximate surface area is 111 Å². The predicted octanol–water partition coefficient (Wildman–Crippen LogP) is 0.267. The van der Waals surface area contributed by atoms with Crippen LogP contribution in [-0.4, -0.2) is 28.7 Å². The van der Waals surface area contributed by atoms with Crippen LogP contribution in [0.15, 0.2) is 24.5 Å². The second-order valence-electron chi connectivity index (χ2n) is 5.08. The van der Waals surface area contributed by atoms with E-state index in [0.717, 1.165) is 5.56 Å². The zero-order chi connectivity index (χ0) is 14.5.